The van der Waals surface area contributed by atoms with Gasteiger partial charge < -0.3 is 4.90 Å². The van der Waals surface area contributed by atoms with Gasteiger partial charge in [0.25, 0.3) is 0 Å². The third kappa shape index (κ3) is 30.2. The van der Waals surface area contributed by atoms with Gasteiger partial charge in [-0.1, -0.05) is 182 Å². The molecule has 0 amide bonds. The first-order chi connectivity index (χ1) is 17.7. The van der Waals surface area contributed by atoms with Crippen LogP contribution in [-0.2, 0) is 0 Å². The summed E-state index contributed by atoms with van der Waals surface area (Å²) in [6.45, 7) is 13.4. The smallest absolute Gasteiger partial charge is 0.00187 e. The van der Waals surface area contributed by atoms with Crippen molar-refractivity contribution in [2.45, 2.75) is 201 Å². The molecule has 0 aromatic heterocycles. The maximum atomic E-state index is 2.84. The Kier molecular flexibility index (Phi) is 31.1. The van der Waals surface area contributed by atoms with Gasteiger partial charge in [0.05, 0.1) is 0 Å². The van der Waals surface area contributed by atoms with Gasteiger partial charge in [0.2, 0.25) is 0 Å². The molecule has 0 saturated heterocycles. The Labute approximate surface area is 231 Å². The van der Waals surface area contributed by atoms with Crippen LogP contribution in [-0.4, -0.2) is 24.5 Å². The monoisotopic (exact) mass is 508 g/mol. The fourth-order valence-electron chi connectivity index (χ4n) is 5.58. The molecule has 0 aliphatic rings. The lowest BCUT2D eigenvalue weighted by molar-refractivity contribution is 0.254. The van der Waals surface area contributed by atoms with Crippen molar-refractivity contribution in [1.82, 2.24) is 4.90 Å². The third-order valence-corrected chi connectivity index (χ3v) is 8.16. The fraction of sp³-hybridized carbons (Fsp3) is 1.00. The van der Waals surface area contributed by atoms with E-state index in [2.05, 4.69) is 32.6 Å². The van der Waals surface area contributed by atoms with Gasteiger partial charge in [-0.05, 0) is 44.8 Å². The van der Waals surface area contributed by atoms with Crippen LogP contribution in [0, 0.1) is 5.92 Å². The van der Waals surface area contributed by atoms with Crippen molar-refractivity contribution < 1.29 is 0 Å². The highest BCUT2D eigenvalue weighted by molar-refractivity contribution is 4.61. The third-order valence-electron chi connectivity index (χ3n) is 8.16. The Hall–Kier alpha value is -0.0400. The SMILES string of the molecule is CCCCCCCCCCCN(CCCCCCCCCCC)CCCCCCCCCCC(C)C. The first kappa shape index (κ1) is 36.0. The Balaban J connectivity index is 3.87. The minimum atomic E-state index is 0.888. The highest BCUT2D eigenvalue weighted by Crippen LogP contribution is 2.15. The lowest BCUT2D eigenvalue weighted by Crippen LogP contribution is -2.27. The maximum absolute atomic E-state index is 2.84. The van der Waals surface area contributed by atoms with Crippen LogP contribution in [0.5, 0.6) is 0 Å². The summed E-state index contributed by atoms with van der Waals surface area (Å²) in [6, 6.07) is 0. The van der Waals surface area contributed by atoms with Crippen LogP contribution in [0.2, 0.25) is 0 Å². The van der Waals surface area contributed by atoms with Crippen LogP contribution in [0.3, 0.4) is 0 Å². The van der Waals surface area contributed by atoms with Gasteiger partial charge in [0.15, 0.2) is 0 Å². The maximum Gasteiger partial charge on any atom is -0.00187 e. The van der Waals surface area contributed by atoms with Crippen LogP contribution in [0.4, 0.5) is 0 Å². The second-order valence-electron chi connectivity index (χ2n) is 12.5. The first-order valence-electron chi connectivity index (χ1n) is 17.4. The normalized spacial score (nSPS) is 11.8. The van der Waals surface area contributed by atoms with Gasteiger partial charge in [-0.3, -0.25) is 0 Å². The van der Waals surface area contributed by atoms with E-state index >= 15 is 0 Å². The molecule has 1 heteroatoms. The lowest BCUT2D eigenvalue weighted by atomic mass is 10.0. The van der Waals surface area contributed by atoms with E-state index < -0.39 is 0 Å². The molecule has 0 rings (SSSR count). The van der Waals surface area contributed by atoms with E-state index in [0.717, 1.165) is 5.92 Å². The van der Waals surface area contributed by atoms with E-state index in [-0.39, 0.29) is 0 Å². The van der Waals surface area contributed by atoms with Gasteiger partial charge in [0, 0.05) is 0 Å². The second-order valence-corrected chi connectivity index (χ2v) is 12.5. The van der Waals surface area contributed by atoms with E-state index in [1.807, 2.05) is 0 Å². The zero-order chi connectivity index (χ0) is 26.4. The highest BCUT2D eigenvalue weighted by Gasteiger charge is 2.05. The van der Waals surface area contributed by atoms with Crippen molar-refractivity contribution in [2.24, 2.45) is 5.92 Å². The van der Waals surface area contributed by atoms with Gasteiger partial charge in [-0.2, -0.15) is 0 Å². The van der Waals surface area contributed by atoms with Crippen molar-refractivity contribution >= 4 is 0 Å². The van der Waals surface area contributed by atoms with Crippen molar-refractivity contribution in [2.75, 3.05) is 19.6 Å². The fourth-order valence-corrected chi connectivity index (χ4v) is 5.58. The van der Waals surface area contributed by atoms with Crippen LogP contribution in [0.1, 0.15) is 201 Å². The zero-order valence-electron chi connectivity index (χ0n) is 26.2. The Morgan fingerprint density at radius 2 is 0.583 bits per heavy atom. The van der Waals surface area contributed by atoms with Gasteiger partial charge in [-0.25, -0.2) is 0 Å². The number of nitrogens with zero attached hydrogens (tertiary/aromatic N) is 1. The molecule has 0 bridgehead atoms. The van der Waals surface area contributed by atoms with E-state index in [4.69, 9.17) is 0 Å². The number of unbranched alkanes of at least 4 members (excludes halogenated alkanes) is 23. The van der Waals surface area contributed by atoms with E-state index in [9.17, 15) is 0 Å². The molecule has 1 nitrogen and oxygen atoms in total. The molecule has 0 aliphatic heterocycles. The molecule has 0 aliphatic carbocycles. The first-order valence-corrected chi connectivity index (χ1v) is 17.4. The average molecular weight is 508 g/mol. The molecule has 0 heterocycles. The zero-order valence-corrected chi connectivity index (χ0v) is 26.2. The summed E-state index contributed by atoms with van der Waals surface area (Å²) in [7, 11) is 0. The van der Waals surface area contributed by atoms with Crippen LogP contribution in [0.25, 0.3) is 0 Å². The summed E-state index contributed by atoms with van der Waals surface area (Å²) in [5.74, 6) is 0.888. The Bertz CT molecular complexity index is 355. The predicted octanol–water partition coefficient (Wildman–Crippen LogP) is 12.5. The molecule has 0 N–H and O–H groups in total. The molecule has 0 atom stereocenters. The molecular weight excluding hydrogens is 434 g/mol. The van der Waals surface area contributed by atoms with Crippen LogP contribution < -0.4 is 0 Å². The summed E-state index contributed by atoms with van der Waals surface area (Å²) >= 11 is 0. The van der Waals surface area contributed by atoms with Crippen molar-refractivity contribution in [3.05, 3.63) is 0 Å². The van der Waals surface area contributed by atoms with E-state index in [1.165, 1.54) is 193 Å². The molecule has 36 heavy (non-hydrogen) atoms. The van der Waals surface area contributed by atoms with E-state index in [1.54, 1.807) is 0 Å². The number of hydrogen-bond donors (Lipinski definition) is 0. The summed E-state index contributed by atoms with van der Waals surface area (Å²) in [5.41, 5.74) is 0. The summed E-state index contributed by atoms with van der Waals surface area (Å²) in [4.78, 5) is 2.84. The molecule has 0 aromatic rings. The molecule has 0 unspecified atom stereocenters. The molecule has 0 fully saturated rings. The lowest BCUT2D eigenvalue weighted by Gasteiger charge is -2.22. The molecule has 218 valence electrons. The number of rotatable bonds is 31. The minimum absolute atomic E-state index is 0.888. The van der Waals surface area contributed by atoms with Crippen molar-refractivity contribution in [3.8, 4) is 0 Å². The molecule has 0 saturated carbocycles. The average Bonchev–Trinajstić information content (AvgIpc) is 2.87. The molecule has 0 radical (unpaired) electrons. The molecular formula is C35H73N. The quantitative estimate of drug-likeness (QED) is 0.0843. The Morgan fingerprint density at radius 1 is 0.333 bits per heavy atom. The standard InChI is InChI=1S/C35H73N/c1-5-7-9-11-13-16-20-24-28-32-36(33-29-25-21-17-14-12-10-8-6-2)34-30-26-22-18-15-19-23-27-31-35(3)4/h35H,5-34H2,1-4H3. The second kappa shape index (κ2) is 31.2. The number of hydrogen-bond acceptors (Lipinski definition) is 1. The van der Waals surface area contributed by atoms with Gasteiger partial charge >= 0.3 is 0 Å². The van der Waals surface area contributed by atoms with Gasteiger partial charge in [0.1, 0.15) is 0 Å². The van der Waals surface area contributed by atoms with Crippen LogP contribution >= 0.6 is 0 Å². The van der Waals surface area contributed by atoms with Gasteiger partial charge in [-0.15, -0.1) is 0 Å². The van der Waals surface area contributed by atoms with Crippen molar-refractivity contribution in [1.29, 1.82) is 0 Å². The van der Waals surface area contributed by atoms with E-state index in [0.29, 0.717) is 0 Å². The minimum Gasteiger partial charge on any atom is -0.303 e. The Morgan fingerprint density at radius 3 is 0.861 bits per heavy atom. The highest BCUT2D eigenvalue weighted by atomic mass is 15.1. The predicted molar refractivity (Wildman–Crippen MR) is 167 cm³/mol. The topological polar surface area (TPSA) is 3.24 Å². The largest absolute Gasteiger partial charge is 0.303 e. The summed E-state index contributed by atoms with van der Waals surface area (Å²) in [5, 5.41) is 0. The van der Waals surface area contributed by atoms with Crippen molar-refractivity contribution in [3.63, 3.8) is 0 Å². The summed E-state index contributed by atoms with van der Waals surface area (Å²) < 4.78 is 0. The molecule has 0 spiro atoms. The molecule has 0 aromatic carbocycles. The summed E-state index contributed by atoms with van der Waals surface area (Å²) in [6.07, 6.45) is 39.2. The van der Waals surface area contributed by atoms with Crippen LogP contribution in [0.15, 0.2) is 0 Å².